The Kier molecular flexibility index (Phi) is 5.26. The number of carboxylic acids is 1. The standard InChI is InChI=1S/C14H20N2O5/c1-14(2,3)15(9-13(17)18)8-10-5-6-12(21-4)11(7-10)16(19)20/h5-7H,8-9H2,1-4H3,(H,17,18). The van der Waals surface area contributed by atoms with Gasteiger partial charge in [0.05, 0.1) is 18.6 Å². The lowest BCUT2D eigenvalue weighted by atomic mass is 10.0. The molecule has 7 nitrogen and oxygen atoms in total. The predicted octanol–water partition coefficient (Wildman–Crippen LogP) is 2.29. The summed E-state index contributed by atoms with van der Waals surface area (Å²) in [7, 11) is 1.37. The lowest BCUT2D eigenvalue weighted by Crippen LogP contribution is -2.43. The predicted molar refractivity (Wildman–Crippen MR) is 77.4 cm³/mol. The molecule has 0 aromatic heterocycles. The van der Waals surface area contributed by atoms with Gasteiger partial charge >= 0.3 is 11.7 Å². The van der Waals surface area contributed by atoms with Crippen molar-refractivity contribution in [3.63, 3.8) is 0 Å². The molecule has 0 fully saturated rings. The number of carbonyl (C=O) groups is 1. The Labute approximate surface area is 123 Å². The van der Waals surface area contributed by atoms with Crippen LogP contribution >= 0.6 is 0 Å². The van der Waals surface area contributed by atoms with Gasteiger partial charge in [-0.1, -0.05) is 6.07 Å². The number of hydrogen-bond acceptors (Lipinski definition) is 5. The summed E-state index contributed by atoms with van der Waals surface area (Å²) < 4.78 is 4.95. The van der Waals surface area contributed by atoms with Crippen LogP contribution in [0.5, 0.6) is 5.75 Å². The molecule has 0 saturated heterocycles. The van der Waals surface area contributed by atoms with Gasteiger partial charge in [-0.05, 0) is 32.4 Å². The third-order valence-corrected chi connectivity index (χ3v) is 3.09. The first kappa shape index (κ1) is 16.9. The molecule has 1 aromatic carbocycles. The normalized spacial score (nSPS) is 11.5. The van der Waals surface area contributed by atoms with Crippen molar-refractivity contribution in [2.24, 2.45) is 0 Å². The molecule has 0 bridgehead atoms. The summed E-state index contributed by atoms with van der Waals surface area (Å²) in [5.74, 6) is -0.753. The molecule has 116 valence electrons. The molecule has 1 aromatic rings. The molecular formula is C14H20N2O5. The van der Waals surface area contributed by atoms with E-state index in [2.05, 4.69) is 0 Å². The van der Waals surface area contributed by atoms with Crippen LogP contribution in [0.4, 0.5) is 5.69 Å². The van der Waals surface area contributed by atoms with Gasteiger partial charge in [0.15, 0.2) is 5.75 Å². The number of rotatable bonds is 6. The van der Waals surface area contributed by atoms with Crippen LogP contribution in [0.1, 0.15) is 26.3 Å². The van der Waals surface area contributed by atoms with Crippen molar-refractivity contribution < 1.29 is 19.6 Å². The number of hydrogen-bond donors (Lipinski definition) is 1. The van der Waals surface area contributed by atoms with Crippen LogP contribution in [0.25, 0.3) is 0 Å². The maximum absolute atomic E-state index is 11.0. The summed E-state index contributed by atoms with van der Waals surface area (Å²) in [5, 5.41) is 20.0. The lowest BCUT2D eigenvalue weighted by Gasteiger charge is -2.34. The molecule has 0 saturated carbocycles. The summed E-state index contributed by atoms with van der Waals surface area (Å²) in [4.78, 5) is 23.2. The number of benzene rings is 1. The van der Waals surface area contributed by atoms with E-state index < -0.39 is 10.9 Å². The topological polar surface area (TPSA) is 92.9 Å². The highest BCUT2D eigenvalue weighted by Gasteiger charge is 2.25. The van der Waals surface area contributed by atoms with E-state index in [4.69, 9.17) is 9.84 Å². The minimum absolute atomic E-state index is 0.126. The molecule has 0 atom stereocenters. The van der Waals surface area contributed by atoms with Crippen LogP contribution in [0, 0.1) is 10.1 Å². The van der Waals surface area contributed by atoms with Crippen molar-refractivity contribution in [1.82, 2.24) is 4.90 Å². The summed E-state index contributed by atoms with van der Waals surface area (Å²) in [6.45, 7) is 5.86. The molecule has 1 rings (SSSR count). The highest BCUT2D eigenvalue weighted by molar-refractivity contribution is 5.69. The second kappa shape index (κ2) is 6.53. The van der Waals surface area contributed by atoms with Gasteiger partial charge in [-0.2, -0.15) is 0 Å². The van der Waals surface area contributed by atoms with Crippen LogP contribution in [0.3, 0.4) is 0 Å². The summed E-state index contributed by atoms with van der Waals surface area (Å²) >= 11 is 0. The number of carboxylic acid groups (broad SMARTS) is 1. The van der Waals surface area contributed by atoms with E-state index in [0.29, 0.717) is 12.1 Å². The van der Waals surface area contributed by atoms with E-state index in [9.17, 15) is 14.9 Å². The Balaban J connectivity index is 3.07. The average Bonchev–Trinajstić information content (AvgIpc) is 2.36. The second-order valence-corrected chi connectivity index (χ2v) is 5.68. The molecule has 7 heteroatoms. The monoisotopic (exact) mass is 296 g/mol. The minimum atomic E-state index is -0.937. The number of nitro groups is 1. The zero-order valence-electron chi connectivity index (χ0n) is 12.6. The fourth-order valence-electron chi connectivity index (χ4n) is 1.89. The van der Waals surface area contributed by atoms with E-state index in [0.717, 1.165) is 0 Å². The summed E-state index contributed by atoms with van der Waals surface area (Å²) in [6, 6.07) is 4.64. The molecule has 21 heavy (non-hydrogen) atoms. The molecule has 0 aliphatic rings. The Bertz CT molecular complexity index is 537. The van der Waals surface area contributed by atoms with Gasteiger partial charge in [-0.25, -0.2) is 0 Å². The summed E-state index contributed by atoms with van der Waals surface area (Å²) in [5.41, 5.74) is 0.172. The number of nitro benzene ring substituents is 1. The maximum atomic E-state index is 11.0. The fourth-order valence-corrected chi connectivity index (χ4v) is 1.89. The zero-order chi connectivity index (χ0) is 16.2. The van der Waals surface area contributed by atoms with Crippen molar-refractivity contribution in [2.45, 2.75) is 32.9 Å². The maximum Gasteiger partial charge on any atom is 0.317 e. The molecule has 0 radical (unpaired) electrons. The highest BCUT2D eigenvalue weighted by atomic mass is 16.6. The lowest BCUT2D eigenvalue weighted by molar-refractivity contribution is -0.385. The smallest absolute Gasteiger partial charge is 0.317 e. The molecule has 0 spiro atoms. The second-order valence-electron chi connectivity index (χ2n) is 5.68. The van der Waals surface area contributed by atoms with E-state index >= 15 is 0 Å². The third kappa shape index (κ3) is 4.71. The molecule has 0 heterocycles. The van der Waals surface area contributed by atoms with Crippen molar-refractivity contribution >= 4 is 11.7 Å². The van der Waals surface area contributed by atoms with Crippen molar-refractivity contribution in [3.05, 3.63) is 33.9 Å². The van der Waals surface area contributed by atoms with Crippen LogP contribution in [-0.2, 0) is 11.3 Å². The van der Waals surface area contributed by atoms with Crippen LogP contribution in [-0.4, -0.2) is 40.1 Å². The van der Waals surface area contributed by atoms with Crippen molar-refractivity contribution in [3.8, 4) is 5.75 Å². The molecular weight excluding hydrogens is 276 g/mol. The fraction of sp³-hybridized carbons (Fsp3) is 0.500. The van der Waals surface area contributed by atoms with Gasteiger partial charge in [-0.3, -0.25) is 19.8 Å². The Morgan fingerprint density at radius 2 is 2.05 bits per heavy atom. The summed E-state index contributed by atoms with van der Waals surface area (Å²) in [6.07, 6.45) is 0. The van der Waals surface area contributed by atoms with Crippen molar-refractivity contribution in [2.75, 3.05) is 13.7 Å². The molecule has 0 aliphatic heterocycles. The van der Waals surface area contributed by atoms with Crippen molar-refractivity contribution in [1.29, 1.82) is 0 Å². The number of nitrogens with zero attached hydrogens (tertiary/aromatic N) is 2. The Hall–Kier alpha value is -2.15. The van der Waals surface area contributed by atoms with Crippen LogP contribution < -0.4 is 4.74 Å². The first-order valence-electron chi connectivity index (χ1n) is 6.43. The van der Waals surface area contributed by atoms with Crippen LogP contribution in [0.2, 0.25) is 0 Å². The van der Waals surface area contributed by atoms with Gasteiger partial charge in [0.1, 0.15) is 0 Å². The minimum Gasteiger partial charge on any atom is -0.490 e. The zero-order valence-corrected chi connectivity index (χ0v) is 12.6. The highest BCUT2D eigenvalue weighted by Crippen LogP contribution is 2.28. The molecule has 0 amide bonds. The van der Waals surface area contributed by atoms with E-state index in [-0.39, 0.29) is 23.5 Å². The van der Waals surface area contributed by atoms with Crippen LogP contribution in [0.15, 0.2) is 18.2 Å². The number of aliphatic carboxylic acids is 1. The quantitative estimate of drug-likeness (QED) is 0.639. The molecule has 1 N–H and O–H groups in total. The van der Waals surface area contributed by atoms with Gasteiger partial charge in [0, 0.05) is 18.2 Å². The average molecular weight is 296 g/mol. The van der Waals surface area contributed by atoms with Gasteiger partial charge in [0.2, 0.25) is 0 Å². The van der Waals surface area contributed by atoms with Gasteiger partial charge in [-0.15, -0.1) is 0 Å². The number of ether oxygens (including phenoxy) is 1. The Morgan fingerprint density at radius 1 is 1.43 bits per heavy atom. The Morgan fingerprint density at radius 3 is 2.48 bits per heavy atom. The van der Waals surface area contributed by atoms with E-state index in [1.54, 1.807) is 11.0 Å². The first-order valence-corrected chi connectivity index (χ1v) is 6.43. The van der Waals surface area contributed by atoms with Gasteiger partial charge in [0.25, 0.3) is 0 Å². The van der Waals surface area contributed by atoms with E-state index in [1.807, 2.05) is 20.8 Å². The molecule has 0 aliphatic carbocycles. The number of methoxy groups -OCH3 is 1. The largest absolute Gasteiger partial charge is 0.490 e. The SMILES string of the molecule is COc1ccc(CN(CC(=O)O)C(C)(C)C)cc1[N+](=O)[O-]. The third-order valence-electron chi connectivity index (χ3n) is 3.09. The first-order chi connectivity index (χ1) is 9.65. The van der Waals surface area contributed by atoms with Gasteiger partial charge < -0.3 is 9.84 Å². The molecule has 0 unspecified atom stereocenters. The van der Waals surface area contributed by atoms with E-state index in [1.165, 1.54) is 19.2 Å².